The Morgan fingerprint density at radius 3 is 2.90 bits per heavy atom. The molecular weight excluding hydrogens is 246 g/mol. The van der Waals surface area contributed by atoms with Crippen LogP contribution < -0.4 is 5.43 Å². The molecule has 0 amide bonds. The number of rotatable bonds is 2. The van der Waals surface area contributed by atoms with Crippen molar-refractivity contribution in [3.05, 3.63) is 48.0 Å². The normalized spacial score (nSPS) is 16.1. The number of fused-ring (bicyclic) bond motifs is 1. The van der Waals surface area contributed by atoms with Gasteiger partial charge in [0, 0.05) is 18.5 Å². The molecule has 0 bridgehead atoms. The smallest absolute Gasteiger partial charge is 0.117 e. The van der Waals surface area contributed by atoms with Gasteiger partial charge in [0.25, 0.3) is 0 Å². The Hall–Kier alpha value is -2.16. The fourth-order valence-corrected chi connectivity index (χ4v) is 2.50. The first kappa shape index (κ1) is 12.9. The number of hydrogen-bond acceptors (Lipinski definition) is 3. The van der Waals surface area contributed by atoms with Gasteiger partial charge in [0.2, 0.25) is 0 Å². The van der Waals surface area contributed by atoms with Gasteiger partial charge in [-0.05, 0) is 23.6 Å². The molecule has 0 aliphatic carbocycles. The zero-order valence-electron chi connectivity index (χ0n) is 11.5. The Morgan fingerprint density at radius 2 is 1.90 bits per heavy atom. The van der Waals surface area contributed by atoms with Gasteiger partial charge in [-0.15, -0.1) is 0 Å². The van der Waals surface area contributed by atoms with Crippen molar-refractivity contribution < 1.29 is 0 Å². The molecule has 102 valence electrons. The fraction of sp³-hybridized carbons (Fsp3) is 0.294. The van der Waals surface area contributed by atoms with Crippen molar-refractivity contribution in [2.75, 3.05) is 6.54 Å². The van der Waals surface area contributed by atoms with Crippen LogP contribution in [0, 0.1) is 0 Å². The molecule has 0 saturated carbocycles. The second kappa shape index (κ2) is 6.33. The van der Waals surface area contributed by atoms with E-state index in [1.165, 1.54) is 30.0 Å². The number of nitrogens with zero attached hydrogens (tertiary/aromatic N) is 2. The van der Waals surface area contributed by atoms with Crippen LogP contribution in [0.2, 0.25) is 0 Å². The minimum absolute atomic E-state index is 0.923. The van der Waals surface area contributed by atoms with E-state index >= 15 is 0 Å². The van der Waals surface area contributed by atoms with Crippen LogP contribution in [0.1, 0.15) is 31.2 Å². The van der Waals surface area contributed by atoms with Gasteiger partial charge in [0.05, 0.1) is 6.21 Å². The molecule has 3 rings (SSSR count). The second-order valence-electron chi connectivity index (χ2n) is 5.08. The van der Waals surface area contributed by atoms with Crippen LogP contribution in [0.25, 0.3) is 10.8 Å². The number of nitrogens with one attached hydrogen (secondary N) is 1. The Bertz CT molecular complexity index is 638. The molecule has 2 aromatic rings. The Morgan fingerprint density at radius 1 is 1.00 bits per heavy atom. The molecule has 20 heavy (non-hydrogen) atoms. The molecule has 0 aromatic heterocycles. The topological polar surface area (TPSA) is 36.8 Å². The number of aliphatic imine (C=N–C) groups is 1. The van der Waals surface area contributed by atoms with Gasteiger partial charge >= 0.3 is 0 Å². The van der Waals surface area contributed by atoms with E-state index in [0.717, 1.165) is 24.4 Å². The van der Waals surface area contributed by atoms with Gasteiger partial charge in [-0.3, -0.25) is 10.4 Å². The van der Waals surface area contributed by atoms with Gasteiger partial charge in [-0.1, -0.05) is 48.9 Å². The van der Waals surface area contributed by atoms with Crippen LogP contribution in [0.4, 0.5) is 0 Å². The van der Waals surface area contributed by atoms with Crippen LogP contribution in [0.5, 0.6) is 0 Å². The van der Waals surface area contributed by atoms with E-state index in [1.807, 2.05) is 6.21 Å². The first-order chi connectivity index (χ1) is 9.93. The van der Waals surface area contributed by atoms with Crippen LogP contribution in [-0.2, 0) is 0 Å². The summed E-state index contributed by atoms with van der Waals surface area (Å²) in [5.74, 6) is 1.01. The maximum atomic E-state index is 4.51. The molecule has 1 N–H and O–H groups in total. The zero-order valence-corrected chi connectivity index (χ0v) is 11.5. The molecule has 3 nitrogen and oxygen atoms in total. The van der Waals surface area contributed by atoms with Crippen molar-refractivity contribution in [3.8, 4) is 0 Å². The van der Waals surface area contributed by atoms with Crippen molar-refractivity contribution in [1.29, 1.82) is 0 Å². The fourth-order valence-electron chi connectivity index (χ4n) is 2.50. The molecule has 0 atom stereocenters. The monoisotopic (exact) mass is 265 g/mol. The van der Waals surface area contributed by atoms with Crippen LogP contribution in [0.3, 0.4) is 0 Å². The first-order valence-electron chi connectivity index (χ1n) is 7.24. The minimum Gasteiger partial charge on any atom is -0.271 e. The Balaban J connectivity index is 1.75. The van der Waals surface area contributed by atoms with Crippen molar-refractivity contribution in [3.63, 3.8) is 0 Å². The predicted octanol–water partition coefficient (Wildman–Crippen LogP) is 3.74. The largest absolute Gasteiger partial charge is 0.271 e. The quantitative estimate of drug-likeness (QED) is 0.652. The summed E-state index contributed by atoms with van der Waals surface area (Å²) < 4.78 is 0. The minimum atomic E-state index is 0.923. The maximum absolute atomic E-state index is 4.51. The summed E-state index contributed by atoms with van der Waals surface area (Å²) in [5, 5.41) is 6.82. The first-order valence-corrected chi connectivity index (χ1v) is 7.24. The molecular formula is C17H19N3. The SMILES string of the molecule is C(=NNC1=NCCCCC1)c1cccc2ccccc12. The van der Waals surface area contributed by atoms with Gasteiger partial charge in [0.1, 0.15) is 5.84 Å². The average molecular weight is 265 g/mol. The lowest BCUT2D eigenvalue weighted by Crippen LogP contribution is -2.17. The van der Waals surface area contributed by atoms with Gasteiger partial charge in [-0.25, -0.2) is 0 Å². The highest BCUT2D eigenvalue weighted by atomic mass is 15.3. The van der Waals surface area contributed by atoms with Crippen molar-refractivity contribution in [2.45, 2.75) is 25.7 Å². The molecule has 2 aromatic carbocycles. The van der Waals surface area contributed by atoms with Crippen molar-refractivity contribution in [1.82, 2.24) is 5.43 Å². The van der Waals surface area contributed by atoms with E-state index in [1.54, 1.807) is 0 Å². The molecule has 3 heteroatoms. The third-order valence-corrected chi connectivity index (χ3v) is 3.59. The highest BCUT2D eigenvalue weighted by Crippen LogP contribution is 2.16. The molecule has 0 unspecified atom stereocenters. The van der Waals surface area contributed by atoms with Crippen LogP contribution in [-0.4, -0.2) is 18.6 Å². The number of hydrazone groups is 1. The summed E-state index contributed by atoms with van der Waals surface area (Å²) in [4.78, 5) is 4.51. The number of benzene rings is 2. The van der Waals surface area contributed by atoms with E-state index in [2.05, 4.69) is 58.0 Å². The lowest BCUT2D eigenvalue weighted by molar-refractivity contribution is 0.729. The molecule has 0 spiro atoms. The summed E-state index contributed by atoms with van der Waals surface area (Å²) in [5.41, 5.74) is 4.22. The molecule has 0 radical (unpaired) electrons. The zero-order chi connectivity index (χ0) is 13.6. The lowest BCUT2D eigenvalue weighted by atomic mass is 10.1. The van der Waals surface area contributed by atoms with Gasteiger partial charge in [-0.2, -0.15) is 5.10 Å². The Labute approximate surface area is 119 Å². The van der Waals surface area contributed by atoms with E-state index in [0.29, 0.717) is 0 Å². The Kier molecular flexibility index (Phi) is 4.07. The molecule has 1 aliphatic heterocycles. The molecule has 1 heterocycles. The van der Waals surface area contributed by atoms with Crippen molar-refractivity contribution in [2.24, 2.45) is 10.1 Å². The van der Waals surface area contributed by atoms with E-state index in [9.17, 15) is 0 Å². The molecule has 0 saturated heterocycles. The summed E-state index contributed by atoms with van der Waals surface area (Å²) in [7, 11) is 0. The summed E-state index contributed by atoms with van der Waals surface area (Å²) in [6.07, 6.45) is 6.55. The van der Waals surface area contributed by atoms with E-state index in [-0.39, 0.29) is 0 Å². The van der Waals surface area contributed by atoms with Crippen molar-refractivity contribution >= 4 is 22.8 Å². The van der Waals surface area contributed by atoms with Gasteiger partial charge in [0.15, 0.2) is 0 Å². The van der Waals surface area contributed by atoms with Gasteiger partial charge < -0.3 is 0 Å². The average Bonchev–Trinajstić information content (AvgIpc) is 2.76. The highest BCUT2D eigenvalue weighted by molar-refractivity contribution is 6.00. The van der Waals surface area contributed by atoms with Crippen LogP contribution in [0.15, 0.2) is 52.6 Å². The highest BCUT2D eigenvalue weighted by Gasteiger charge is 2.02. The third-order valence-electron chi connectivity index (χ3n) is 3.59. The lowest BCUT2D eigenvalue weighted by Gasteiger charge is -2.03. The standard InChI is InChI=1S/C17H19N3/c1-2-11-17(18-12-5-1)20-19-13-15-9-6-8-14-7-3-4-10-16(14)15/h3-4,6-10,13H,1-2,5,11-12H2,(H,18,20). The third kappa shape index (κ3) is 3.05. The maximum Gasteiger partial charge on any atom is 0.117 e. The predicted molar refractivity (Wildman–Crippen MR) is 85.4 cm³/mol. The summed E-state index contributed by atoms with van der Waals surface area (Å²) in [6, 6.07) is 14.6. The number of amidine groups is 1. The van der Waals surface area contributed by atoms with E-state index < -0.39 is 0 Å². The summed E-state index contributed by atoms with van der Waals surface area (Å²) in [6.45, 7) is 0.923. The molecule has 0 fully saturated rings. The molecule has 1 aliphatic rings. The number of hydrogen-bond donors (Lipinski definition) is 1. The summed E-state index contributed by atoms with van der Waals surface area (Å²) >= 11 is 0. The van der Waals surface area contributed by atoms with Crippen LogP contribution >= 0.6 is 0 Å². The van der Waals surface area contributed by atoms with E-state index in [4.69, 9.17) is 0 Å². The second-order valence-corrected chi connectivity index (χ2v) is 5.08.